The summed E-state index contributed by atoms with van der Waals surface area (Å²) < 4.78 is 13.4. The second kappa shape index (κ2) is 6.55. The van der Waals surface area contributed by atoms with Crippen molar-refractivity contribution in [2.75, 3.05) is 24.6 Å². The molecule has 0 aliphatic carbocycles. The van der Waals surface area contributed by atoms with E-state index in [0.717, 1.165) is 35.4 Å². The molecule has 1 saturated heterocycles. The Bertz CT molecular complexity index is 828. The number of fused-ring (bicyclic) bond motifs is 1. The molecule has 3 heterocycles. The summed E-state index contributed by atoms with van der Waals surface area (Å²) in [5, 5.41) is 1.07. The summed E-state index contributed by atoms with van der Waals surface area (Å²) in [5.74, 6) is 2.75. The van der Waals surface area contributed by atoms with Gasteiger partial charge in [-0.2, -0.15) is 11.8 Å². The van der Waals surface area contributed by atoms with Crippen LogP contribution in [0.2, 0.25) is 0 Å². The first-order valence-corrected chi connectivity index (χ1v) is 9.56. The molecule has 1 aliphatic rings. The third kappa shape index (κ3) is 3.39. The second-order valence-electron chi connectivity index (χ2n) is 5.57. The molecule has 6 heteroatoms. The molecular formula is C17H16FN3S2. The summed E-state index contributed by atoms with van der Waals surface area (Å²) in [5.41, 5.74) is 0.718. The number of thioether (sulfide) groups is 1. The number of hydrogen-bond acceptors (Lipinski definition) is 5. The van der Waals surface area contributed by atoms with Crippen molar-refractivity contribution in [1.29, 1.82) is 0 Å². The zero-order valence-electron chi connectivity index (χ0n) is 12.5. The lowest BCUT2D eigenvalue weighted by Gasteiger charge is -2.25. The topological polar surface area (TPSA) is 29.0 Å². The van der Waals surface area contributed by atoms with E-state index >= 15 is 0 Å². The number of nitrogens with zero attached hydrogens (tertiary/aromatic N) is 3. The Labute approximate surface area is 142 Å². The maximum Gasteiger partial charge on any atom is 0.160 e. The zero-order chi connectivity index (χ0) is 15.6. The van der Waals surface area contributed by atoms with Crippen LogP contribution in [-0.4, -0.2) is 39.5 Å². The van der Waals surface area contributed by atoms with Crippen molar-refractivity contribution < 1.29 is 4.39 Å². The molecule has 0 saturated carbocycles. The summed E-state index contributed by atoms with van der Waals surface area (Å²) in [6.07, 6.45) is 1.84. The summed E-state index contributed by atoms with van der Waals surface area (Å²) in [6, 6.07) is 8.61. The molecule has 23 heavy (non-hydrogen) atoms. The minimum Gasteiger partial charge on any atom is -0.297 e. The normalized spacial score (nSPS) is 16.0. The van der Waals surface area contributed by atoms with E-state index in [1.165, 1.54) is 28.5 Å². The first kappa shape index (κ1) is 15.1. The van der Waals surface area contributed by atoms with Crippen LogP contribution in [-0.2, 0) is 6.54 Å². The van der Waals surface area contributed by atoms with Gasteiger partial charge in [0.05, 0.1) is 0 Å². The van der Waals surface area contributed by atoms with Crippen molar-refractivity contribution >= 4 is 33.3 Å². The highest BCUT2D eigenvalue weighted by Gasteiger charge is 2.13. The van der Waals surface area contributed by atoms with Gasteiger partial charge in [-0.05, 0) is 18.2 Å². The fraction of sp³-hybridized carbons (Fsp3) is 0.294. The number of hydrogen-bond donors (Lipinski definition) is 0. The fourth-order valence-corrected chi connectivity index (χ4v) is 4.73. The van der Waals surface area contributed by atoms with Crippen LogP contribution < -0.4 is 0 Å². The lowest BCUT2D eigenvalue weighted by Crippen LogP contribution is -2.31. The van der Waals surface area contributed by atoms with E-state index in [2.05, 4.69) is 20.9 Å². The van der Waals surface area contributed by atoms with Crippen molar-refractivity contribution in [2.45, 2.75) is 6.54 Å². The molecule has 1 aliphatic heterocycles. The molecule has 3 nitrogen and oxygen atoms in total. The van der Waals surface area contributed by atoms with Gasteiger partial charge in [-0.15, -0.1) is 11.3 Å². The molecule has 0 atom stereocenters. The number of benzene rings is 1. The van der Waals surface area contributed by atoms with Gasteiger partial charge in [-0.25, -0.2) is 14.4 Å². The molecule has 2 aromatic heterocycles. The average Bonchev–Trinajstić information content (AvgIpc) is 2.97. The Morgan fingerprint density at radius 2 is 2.04 bits per heavy atom. The van der Waals surface area contributed by atoms with Gasteiger partial charge in [0.25, 0.3) is 0 Å². The van der Waals surface area contributed by atoms with Crippen LogP contribution in [0.5, 0.6) is 0 Å². The highest BCUT2D eigenvalue weighted by Crippen LogP contribution is 2.27. The Kier molecular flexibility index (Phi) is 4.29. The van der Waals surface area contributed by atoms with Crippen molar-refractivity contribution in [2.24, 2.45) is 0 Å². The van der Waals surface area contributed by atoms with Gasteiger partial charge in [0.1, 0.15) is 10.6 Å². The summed E-state index contributed by atoms with van der Waals surface area (Å²) in [4.78, 5) is 13.8. The van der Waals surface area contributed by atoms with Crippen LogP contribution in [0.1, 0.15) is 4.88 Å². The third-order valence-electron chi connectivity index (χ3n) is 3.89. The smallest absolute Gasteiger partial charge is 0.160 e. The number of halogens is 1. The van der Waals surface area contributed by atoms with E-state index in [1.54, 1.807) is 17.4 Å². The minimum absolute atomic E-state index is 0.263. The molecular weight excluding hydrogens is 329 g/mol. The van der Waals surface area contributed by atoms with Crippen LogP contribution >= 0.6 is 23.1 Å². The molecule has 1 aromatic carbocycles. The number of rotatable bonds is 3. The molecule has 0 radical (unpaired) electrons. The van der Waals surface area contributed by atoms with Gasteiger partial charge in [0, 0.05) is 53.2 Å². The number of aromatic nitrogens is 2. The van der Waals surface area contributed by atoms with Crippen molar-refractivity contribution in [3.63, 3.8) is 0 Å². The van der Waals surface area contributed by atoms with E-state index < -0.39 is 0 Å². The minimum atomic E-state index is -0.263. The Balaban J connectivity index is 1.61. The molecule has 0 unspecified atom stereocenters. The Morgan fingerprint density at radius 1 is 1.17 bits per heavy atom. The van der Waals surface area contributed by atoms with Gasteiger partial charge in [0.15, 0.2) is 5.82 Å². The van der Waals surface area contributed by atoms with Gasteiger partial charge in [-0.3, -0.25) is 4.90 Å². The highest BCUT2D eigenvalue weighted by atomic mass is 32.2. The van der Waals surface area contributed by atoms with Crippen LogP contribution in [0.15, 0.2) is 36.5 Å². The lowest BCUT2D eigenvalue weighted by molar-refractivity contribution is 0.297. The maximum atomic E-state index is 13.4. The molecule has 0 bridgehead atoms. The van der Waals surface area contributed by atoms with E-state index in [-0.39, 0.29) is 5.82 Å². The van der Waals surface area contributed by atoms with Gasteiger partial charge < -0.3 is 0 Å². The van der Waals surface area contributed by atoms with Crippen LogP contribution in [0.4, 0.5) is 4.39 Å². The largest absolute Gasteiger partial charge is 0.297 e. The van der Waals surface area contributed by atoms with Crippen molar-refractivity contribution in [3.05, 3.63) is 47.2 Å². The molecule has 4 rings (SSSR count). The molecule has 0 amide bonds. The second-order valence-corrected chi connectivity index (χ2v) is 7.91. The van der Waals surface area contributed by atoms with Gasteiger partial charge >= 0.3 is 0 Å². The number of thiophene rings is 1. The molecule has 0 spiro atoms. The molecule has 118 valence electrons. The van der Waals surface area contributed by atoms with Gasteiger partial charge in [0.2, 0.25) is 0 Å². The van der Waals surface area contributed by atoms with E-state index in [1.807, 2.05) is 24.0 Å². The predicted octanol–water partition coefficient (Wildman–Crippen LogP) is 4.05. The standard InChI is InChI=1S/C17H16FN3S2/c18-14-3-1-2-12(8-14)16-19-10-13-9-15(23-17(13)20-16)11-21-4-6-22-7-5-21/h1-3,8-10H,4-7,11H2. The van der Waals surface area contributed by atoms with E-state index in [0.29, 0.717) is 5.82 Å². The summed E-state index contributed by atoms with van der Waals surface area (Å²) in [6.45, 7) is 3.29. The first-order valence-electron chi connectivity index (χ1n) is 7.59. The van der Waals surface area contributed by atoms with Crippen LogP contribution in [0.3, 0.4) is 0 Å². The quantitative estimate of drug-likeness (QED) is 0.716. The zero-order valence-corrected chi connectivity index (χ0v) is 14.2. The van der Waals surface area contributed by atoms with Gasteiger partial charge in [-0.1, -0.05) is 12.1 Å². The maximum absolute atomic E-state index is 13.4. The van der Waals surface area contributed by atoms with E-state index in [9.17, 15) is 4.39 Å². The first-order chi connectivity index (χ1) is 11.3. The highest BCUT2D eigenvalue weighted by molar-refractivity contribution is 7.99. The fourth-order valence-electron chi connectivity index (χ4n) is 2.71. The summed E-state index contributed by atoms with van der Waals surface area (Å²) in [7, 11) is 0. The average molecular weight is 345 g/mol. The van der Waals surface area contributed by atoms with Crippen molar-refractivity contribution in [1.82, 2.24) is 14.9 Å². The SMILES string of the molecule is Fc1cccc(-c2ncc3cc(CN4CCSCC4)sc3n2)c1. The van der Waals surface area contributed by atoms with E-state index in [4.69, 9.17) is 0 Å². The molecule has 1 fully saturated rings. The summed E-state index contributed by atoms with van der Waals surface area (Å²) >= 11 is 3.73. The Morgan fingerprint density at radius 3 is 2.87 bits per heavy atom. The molecule has 0 N–H and O–H groups in total. The van der Waals surface area contributed by atoms with Crippen molar-refractivity contribution in [3.8, 4) is 11.4 Å². The monoisotopic (exact) mass is 345 g/mol. The predicted molar refractivity (Wildman–Crippen MR) is 95.4 cm³/mol. The Hall–Kier alpha value is -1.50. The lowest BCUT2D eigenvalue weighted by atomic mass is 10.2. The van der Waals surface area contributed by atoms with Crippen LogP contribution in [0.25, 0.3) is 21.6 Å². The third-order valence-corrected chi connectivity index (χ3v) is 5.86. The molecule has 3 aromatic rings. The van der Waals surface area contributed by atoms with Crippen LogP contribution in [0, 0.1) is 5.82 Å².